The zero-order valence-electron chi connectivity index (χ0n) is 15.0. The van der Waals surface area contributed by atoms with Crippen LogP contribution in [0.5, 0.6) is 0 Å². The van der Waals surface area contributed by atoms with Crippen LogP contribution in [0.2, 0.25) is 0 Å². The Morgan fingerprint density at radius 1 is 1.14 bits per heavy atom. The molecule has 6 nitrogen and oxygen atoms in total. The number of rotatable bonds is 7. The molecule has 0 unspecified atom stereocenters. The van der Waals surface area contributed by atoms with E-state index < -0.39 is 10.0 Å². The monoisotopic (exact) mass is 419 g/mol. The molecule has 1 amide bonds. The number of amides is 1. The van der Waals surface area contributed by atoms with Gasteiger partial charge in [-0.15, -0.1) is 11.3 Å². The fourth-order valence-corrected chi connectivity index (χ4v) is 3.98. The number of sulfonamides is 1. The zero-order chi connectivity index (χ0) is 20.1. The minimum absolute atomic E-state index is 0.137. The minimum atomic E-state index is -3.33. The predicted molar refractivity (Wildman–Crippen MR) is 109 cm³/mol. The normalized spacial score (nSPS) is 11.2. The molecular weight excluding hydrogens is 401 g/mol. The van der Waals surface area contributed by atoms with E-state index in [-0.39, 0.29) is 18.1 Å². The second kappa shape index (κ2) is 8.49. The molecule has 0 spiro atoms. The molecule has 1 aromatic heterocycles. The maximum atomic E-state index is 13.3. The average Bonchev–Trinajstić information content (AvgIpc) is 3.02. The summed E-state index contributed by atoms with van der Waals surface area (Å²) in [7, 11) is -3.33. The van der Waals surface area contributed by atoms with Crippen LogP contribution in [0.25, 0.3) is 0 Å². The van der Waals surface area contributed by atoms with Crippen LogP contribution in [-0.4, -0.2) is 25.6 Å². The topological polar surface area (TPSA) is 88.2 Å². The summed E-state index contributed by atoms with van der Waals surface area (Å²) >= 11 is 1.34. The molecular formula is C19H18FN3O3S2. The summed E-state index contributed by atoms with van der Waals surface area (Å²) in [5.41, 5.74) is 2.02. The fourth-order valence-electron chi connectivity index (χ4n) is 2.55. The van der Waals surface area contributed by atoms with E-state index in [1.165, 1.54) is 23.5 Å². The van der Waals surface area contributed by atoms with Gasteiger partial charge in [-0.3, -0.25) is 9.52 Å². The van der Waals surface area contributed by atoms with E-state index in [0.717, 1.165) is 22.3 Å². The largest absolute Gasteiger partial charge is 0.302 e. The van der Waals surface area contributed by atoms with Crippen molar-refractivity contribution in [3.63, 3.8) is 0 Å². The number of halogens is 1. The minimum Gasteiger partial charge on any atom is -0.302 e. The average molecular weight is 420 g/mol. The van der Waals surface area contributed by atoms with Gasteiger partial charge in [0.15, 0.2) is 5.13 Å². The number of carbonyl (C=O) groups is 1. The smallest absolute Gasteiger partial charge is 0.230 e. The Balaban J connectivity index is 1.56. The highest BCUT2D eigenvalue weighted by molar-refractivity contribution is 7.92. The molecule has 2 N–H and O–H groups in total. The molecule has 9 heteroatoms. The number of nitrogens with one attached hydrogen (secondary N) is 2. The van der Waals surface area contributed by atoms with Gasteiger partial charge in [-0.05, 0) is 35.4 Å². The van der Waals surface area contributed by atoms with Crippen LogP contribution in [0.1, 0.15) is 16.0 Å². The number of anilines is 2. The van der Waals surface area contributed by atoms with E-state index in [1.54, 1.807) is 36.5 Å². The summed E-state index contributed by atoms with van der Waals surface area (Å²) in [4.78, 5) is 17.3. The first-order chi connectivity index (χ1) is 13.3. The van der Waals surface area contributed by atoms with Gasteiger partial charge in [-0.2, -0.15) is 0 Å². The molecule has 0 aliphatic rings. The first-order valence-electron chi connectivity index (χ1n) is 8.32. The molecule has 146 valence electrons. The molecule has 2 aromatic carbocycles. The molecule has 0 atom stereocenters. The Morgan fingerprint density at radius 2 is 1.89 bits per heavy atom. The molecule has 0 aliphatic carbocycles. The maximum Gasteiger partial charge on any atom is 0.230 e. The lowest BCUT2D eigenvalue weighted by molar-refractivity contribution is -0.115. The van der Waals surface area contributed by atoms with Crippen molar-refractivity contribution < 1.29 is 17.6 Å². The van der Waals surface area contributed by atoms with Crippen LogP contribution in [0.4, 0.5) is 15.2 Å². The number of nitrogens with zero attached hydrogens (tertiary/aromatic N) is 1. The van der Waals surface area contributed by atoms with Gasteiger partial charge in [-0.25, -0.2) is 17.8 Å². The Labute approximate surface area is 166 Å². The van der Waals surface area contributed by atoms with Crippen molar-refractivity contribution in [2.45, 2.75) is 12.8 Å². The first kappa shape index (κ1) is 20.0. The summed E-state index contributed by atoms with van der Waals surface area (Å²) < 4.78 is 38.0. The Bertz CT molecular complexity index is 1080. The van der Waals surface area contributed by atoms with Gasteiger partial charge in [0.1, 0.15) is 5.82 Å². The summed E-state index contributed by atoms with van der Waals surface area (Å²) in [6.07, 6.45) is 3.42. The van der Waals surface area contributed by atoms with Gasteiger partial charge in [0.05, 0.1) is 12.7 Å². The molecule has 0 saturated carbocycles. The van der Waals surface area contributed by atoms with Crippen LogP contribution in [-0.2, 0) is 27.7 Å². The highest BCUT2D eigenvalue weighted by Gasteiger charge is 2.09. The molecule has 0 radical (unpaired) electrons. The number of hydrogen-bond acceptors (Lipinski definition) is 5. The van der Waals surface area contributed by atoms with Gasteiger partial charge in [-0.1, -0.05) is 24.3 Å². The Morgan fingerprint density at radius 3 is 2.57 bits per heavy atom. The van der Waals surface area contributed by atoms with Gasteiger partial charge >= 0.3 is 0 Å². The summed E-state index contributed by atoms with van der Waals surface area (Å²) in [5, 5.41) is 3.22. The molecule has 0 bridgehead atoms. The van der Waals surface area contributed by atoms with Crippen molar-refractivity contribution in [1.29, 1.82) is 0 Å². The maximum absolute atomic E-state index is 13.3. The van der Waals surface area contributed by atoms with E-state index in [2.05, 4.69) is 15.0 Å². The quantitative estimate of drug-likeness (QED) is 0.614. The molecule has 3 aromatic rings. The fraction of sp³-hybridized carbons (Fsp3) is 0.158. The number of benzene rings is 2. The second-order valence-electron chi connectivity index (χ2n) is 6.23. The summed E-state index contributed by atoms with van der Waals surface area (Å²) in [6.45, 7) is 0. The third kappa shape index (κ3) is 6.14. The molecule has 1 heterocycles. The molecule has 28 heavy (non-hydrogen) atoms. The van der Waals surface area contributed by atoms with E-state index in [0.29, 0.717) is 17.2 Å². The van der Waals surface area contributed by atoms with E-state index in [9.17, 15) is 17.6 Å². The van der Waals surface area contributed by atoms with Crippen molar-refractivity contribution in [2.75, 3.05) is 16.3 Å². The van der Waals surface area contributed by atoms with Gasteiger partial charge in [0.2, 0.25) is 15.9 Å². The van der Waals surface area contributed by atoms with Crippen LogP contribution >= 0.6 is 11.3 Å². The number of carbonyl (C=O) groups excluding carboxylic acids is 1. The SMILES string of the molecule is CS(=O)(=O)Nc1ccc(CC(=O)Nc2ncc(Cc3cccc(F)c3)s2)cc1. The van der Waals surface area contributed by atoms with E-state index in [4.69, 9.17) is 0 Å². The summed E-state index contributed by atoms with van der Waals surface area (Å²) in [6, 6.07) is 12.9. The molecule has 0 aliphatic heterocycles. The van der Waals surface area contributed by atoms with Crippen molar-refractivity contribution >= 4 is 38.1 Å². The number of thiazole rings is 1. The zero-order valence-corrected chi connectivity index (χ0v) is 16.6. The van der Waals surface area contributed by atoms with Gasteiger partial charge in [0.25, 0.3) is 0 Å². The van der Waals surface area contributed by atoms with Crippen molar-refractivity contribution in [1.82, 2.24) is 4.98 Å². The highest BCUT2D eigenvalue weighted by Crippen LogP contribution is 2.22. The van der Waals surface area contributed by atoms with Crippen molar-refractivity contribution in [3.05, 3.63) is 76.5 Å². The molecule has 3 rings (SSSR count). The Hall–Kier alpha value is -2.78. The van der Waals surface area contributed by atoms with Gasteiger partial charge in [0, 0.05) is 23.2 Å². The van der Waals surface area contributed by atoms with Gasteiger partial charge < -0.3 is 5.32 Å². The lowest BCUT2D eigenvalue weighted by Crippen LogP contribution is -2.14. The van der Waals surface area contributed by atoms with Crippen LogP contribution in [0.15, 0.2) is 54.7 Å². The van der Waals surface area contributed by atoms with E-state index >= 15 is 0 Å². The third-order valence-electron chi connectivity index (χ3n) is 3.69. The second-order valence-corrected chi connectivity index (χ2v) is 9.10. The lowest BCUT2D eigenvalue weighted by atomic mass is 10.1. The number of aromatic nitrogens is 1. The van der Waals surface area contributed by atoms with Crippen molar-refractivity contribution in [3.8, 4) is 0 Å². The number of hydrogen-bond donors (Lipinski definition) is 2. The molecule has 0 fully saturated rings. The standard InChI is InChI=1S/C19H18FN3O3S2/c1-28(25,26)23-16-7-5-13(6-8-16)11-18(24)22-19-21-12-17(27-19)10-14-3-2-4-15(20)9-14/h2-9,12,23H,10-11H2,1H3,(H,21,22,24). The Kier molecular flexibility index (Phi) is 6.05. The van der Waals surface area contributed by atoms with Crippen molar-refractivity contribution in [2.24, 2.45) is 0 Å². The predicted octanol–water partition coefficient (Wildman–Crippen LogP) is 3.43. The van der Waals surface area contributed by atoms with Crippen LogP contribution in [0.3, 0.4) is 0 Å². The first-order valence-corrected chi connectivity index (χ1v) is 11.0. The van der Waals surface area contributed by atoms with Crippen LogP contribution < -0.4 is 10.0 Å². The lowest BCUT2D eigenvalue weighted by Gasteiger charge is -2.05. The third-order valence-corrected chi connectivity index (χ3v) is 5.21. The van der Waals surface area contributed by atoms with Crippen LogP contribution in [0, 0.1) is 5.82 Å². The van der Waals surface area contributed by atoms with E-state index in [1.807, 2.05) is 6.07 Å². The molecule has 0 saturated heterocycles. The summed E-state index contributed by atoms with van der Waals surface area (Å²) in [5.74, 6) is -0.510. The highest BCUT2D eigenvalue weighted by atomic mass is 32.2.